The second-order valence-corrected chi connectivity index (χ2v) is 8.77. The maximum absolute atomic E-state index is 13.6. The molecule has 2 aromatic carbocycles. The first-order valence-electron chi connectivity index (χ1n) is 9.44. The van der Waals surface area contributed by atoms with Crippen LogP contribution in [-0.2, 0) is 14.8 Å². The fourth-order valence-corrected chi connectivity index (χ4v) is 3.57. The summed E-state index contributed by atoms with van der Waals surface area (Å²) in [5, 5.41) is 11.1. The molecule has 0 fully saturated rings. The molecule has 33 heavy (non-hydrogen) atoms. The molecule has 172 valence electrons. The van der Waals surface area contributed by atoms with E-state index in [1.807, 2.05) is 0 Å². The number of carbonyl (C=O) groups is 1. The normalized spacial score (nSPS) is 14.9. The van der Waals surface area contributed by atoms with Gasteiger partial charge in [-0.15, -0.1) is 0 Å². The van der Waals surface area contributed by atoms with Crippen molar-refractivity contribution in [2.45, 2.75) is 17.9 Å². The van der Waals surface area contributed by atoms with Crippen LogP contribution in [0.15, 0.2) is 53.6 Å². The molecule has 1 aliphatic heterocycles. The summed E-state index contributed by atoms with van der Waals surface area (Å²) < 4.78 is 54.5. The van der Waals surface area contributed by atoms with Crippen molar-refractivity contribution < 1.29 is 26.7 Å². The second-order valence-electron chi connectivity index (χ2n) is 7.21. The van der Waals surface area contributed by atoms with Crippen LogP contribution in [0.25, 0.3) is 0 Å². The molecule has 13 heteroatoms. The molecule has 4 rings (SSSR count). The minimum Gasteiger partial charge on any atom is -0.423 e. The zero-order valence-corrected chi connectivity index (χ0v) is 18.2. The van der Waals surface area contributed by atoms with Gasteiger partial charge in [0.1, 0.15) is 5.82 Å². The number of benzene rings is 2. The molecule has 0 atom stereocenters. The third-order valence-corrected chi connectivity index (χ3v) is 5.71. The molecule has 0 spiro atoms. The lowest BCUT2D eigenvalue weighted by Crippen LogP contribution is -2.49. The lowest BCUT2D eigenvalue weighted by molar-refractivity contribution is -0.192. The van der Waals surface area contributed by atoms with Crippen LogP contribution in [0.5, 0.6) is 5.75 Å². The van der Waals surface area contributed by atoms with Gasteiger partial charge in [-0.3, -0.25) is 4.79 Å². The number of aryl methyl sites for hydroxylation is 1. The molecule has 1 aromatic heterocycles. The van der Waals surface area contributed by atoms with Gasteiger partial charge in [0, 0.05) is 30.2 Å². The number of nitrogens with zero attached hydrogens (tertiary/aromatic N) is 3. The first kappa shape index (κ1) is 22.4. The maximum Gasteiger partial charge on any atom is 0.482 e. The highest BCUT2D eigenvalue weighted by Crippen LogP contribution is 2.40. The van der Waals surface area contributed by atoms with E-state index in [1.165, 1.54) is 49.5 Å². The molecule has 0 unspecified atom stereocenters. The monoisotopic (exact) mass is 476 g/mol. The summed E-state index contributed by atoms with van der Waals surface area (Å²) in [7, 11) is -2.57. The average Bonchev–Trinajstić information content (AvgIpc) is 2.75. The van der Waals surface area contributed by atoms with Gasteiger partial charge in [0.15, 0.2) is 5.75 Å². The van der Waals surface area contributed by atoms with Crippen molar-refractivity contribution >= 4 is 44.8 Å². The number of fused-ring (bicyclic) bond motifs is 1. The quantitative estimate of drug-likeness (QED) is 0.511. The predicted octanol–water partition coefficient (Wildman–Crippen LogP) is 2.87. The van der Waals surface area contributed by atoms with E-state index in [9.17, 15) is 22.0 Å². The zero-order valence-electron chi connectivity index (χ0n) is 17.3. The van der Waals surface area contributed by atoms with E-state index in [4.69, 9.17) is 5.14 Å². The van der Waals surface area contributed by atoms with Crippen LogP contribution in [0.4, 0.5) is 37.6 Å². The van der Waals surface area contributed by atoms with E-state index < -0.39 is 22.0 Å². The molecule has 1 aliphatic rings. The highest BCUT2D eigenvalue weighted by molar-refractivity contribution is 7.89. The van der Waals surface area contributed by atoms with Crippen LogP contribution in [0.1, 0.15) is 5.56 Å². The number of ether oxygens (including phenoxy) is 1. The molecule has 0 saturated heterocycles. The molecule has 2 heterocycles. The zero-order chi connectivity index (χ0) is 24.0. The van der Waals surface area contributed by atoms with Crippen molar-refractivity contribution in [1.82, 2.24) is 9.97 Å². The summed E-state index contributed by atoms with van der Waals surface area (Å²) in [6.07, 6.45) is -2.36. The topological polar surface area (TPSA) is 140 Å². The number of nitrogens with one attached hydrogen (secondary N) is 2. The number of primary sulfonamides is 1. The Morgan fingerprint density at radius 3 is 2.42 bits per heavy atom. The number of halogens is 2. The van der Waals surface area contributed by atoms with Crippen molar-refractivity contribution in [3.05, 3.63) is 54.2 Å². The molecule has 1 amide bonds. The Kier molecular flexibility index (Phi) is 5.38. The molecule has 10 nitrogen and oxygen atoms in total. The van der Waals surface area contributed by atoms with Gasteiger partial charge in [0.2, 0.25) is 16.0 Å². The minimum atomic E-state index is -3.92. The summed E-state index contributed by atoms with van der Waals surface area (Å²) in [6, 6.07) is 10.1. The molecule has 0 saturated carbocycles. The van der Waals surface area contributed by atoms with Crippen LogP contribution >= 0.6 is 0 Å². The molecule has 4 N–H and O–H groups in total. The number of amides is 1. The number of rotatable bonds is 5. The number of alkyl halides is 2. The summed E-state index contributed by atoms with van der Waals surface area (Å²) >= 11 is 0. The number of likely N-dealkylation sites (N-methyl/N-ethyl adjacent to an activating group) is 1. The van der Waals surface area contributed by atoms with Crippen molar-refractivity contribution in [2.24, 2.45) is 5.14 Å². The minimum absolute atomic E-state index is 0.0298. The number of aromatic nitrogens is 2. The highest BCUT2D eigenvalue weighted by Gasteiger charge is 2.49. The van der Waals surface area contributed by atoms with Gasteiger partial charge < -0.3 is 20.3 Å². The van der Waals surface area contributed by atoms with Gasteiger partial charge in [-0.05, 0) is 49.4 Å². The van der Waals surface area contributed by atoms with Crippen LogP contribution in [0.3, 0.4) is 0 Å². The van der Waals surface area contributed by atoms with Gasteiger partial charge in [-0.2, -0.15) is 13.8 Å². The van der Waals surface area contributed by atoms with Crippen LogP contribution in [0.2, 0.25) is 0 Å². The van der Waals surface area contributed by atoms with Crippen LogP contribution in [0, 0.1) is 6.92 Å². The number of sulfonamides is 1. The van der Waals surface area contributed by atoms with Crippen LogP contribution in [-0.4, -0.2) is 37.4 Å². The second kappa shape index (κ2) is 7.94. The number of hydrogen-bond acceptors (Lipinski definition) is 8. The largest absolute Gasteiger partial charge is 0.482 e. The van der Waals surface area contributed by atoms with E-state index in [0.29, 0.717) is 22.8 Å². The van der Waals surface area contributed by atoms with Crippen molar-refractivity contribution in [3.8, 4) is 5.75 Å². The lowest BCUT2D eigenvalue weighted by Gasteiger charge is -2.31. The Morgan fingerprint density at radius 2 is 1.76 bits per heavy atom. The van der Waals surface area contributed by atoms with E-state index in [2.05, 4.69) is 25.3 Å². The van der Waals surface area contributed by atoms with Gasteiger partial charge in [-0.1, -0.05) is 0 Å². The molecule has 0 radical (unpaired) electrons. The molecule has 0 aliphatic carbocycles. The Hall–Kier alpha value is -3.84. The fraction of sp³-hybridized carbons (Fsp3) is 0.150. The Morgan fingerprint density at radius 1 is 1.09 bits per heavy atom. The standard InChI is InChI=1S/C20H18F2N6O4S/c1-11-10-24-19(26-12-3-6-14(7-4-12)33(23,30)31)27-17(11)25-13-5-8-16-15(9-13)28(2)18(29)20(21,22)32-16/h3-10H,1-2H3,(H2,23,30,31)(H2,24,25,26,27). The Bertz CT molecular complexity index is 1350. The van der Waals surface area contributed by atoms with Crippen molar-refractivity contribution in [2.75, 3.05) is 22.6 Å². The van der Waals surface area contributed by atoms with Gasteiger partial charge in [-0.25, -0.2) is 18.5 Å². The summed E-state index contributed by atoms with van der Waals surface area (Å²) in [5.41, 5.74) is 1.88. The fourth-order valence-electron chi connectivity index (χ4n) is 3.05. The van der Waals surface area contributed by atoms with Crippen LogP contribution < -0.4 is 25.4 Å². The van der Waals surface area contributed by atoms with E-state index in [1.54, 1.807) is 13.1 Å². The lowest BCUT2D eigenvalue weighted by atomic mass is 10.2. The average molecular weight is 476 g/mol. The van der Waals surface area contributed by atoms with Gasteiger partial charge in [0.05, 0.1) is 10.6 Å². The number of nitrogens with two attached hydrogens (primary N) is 1. The number of carbonyl (C=O) groups excluding carboxylic acids is 1. The molecular weight excluding hydrogens is 458 g/mol. The third kappa shape index (κ3) is 4.54. The van der Waals surface area contributed by atoms with E-state index in [-0.39, 0.29) is 22.3 Å². The number of anilines is 5. The van der Waals surface area contributed by atoms with Gasteiger partial charge >= 0.3 is 12.0 Å². The maximum atomic E-state index is 13.6. The Balaban J connectivity index is 1.56. The predicted molar refractivity (Wildman–Crippen MR) is 117 cm³/mol. The SMILES string of the molecule is Cc1cnc(Nc2ccc(S(N)(=O)=O)cc2)nc1Nc1ccc2c(c1)N(C)C(=O)C(F)(F)O2. The first-order valence-corrected chi connectivity index (χ1v) is 11.0. The smallest absolute Gasteiger partial charge is 0.423 e. The summed E-state index contributed by atoms with van der Waals surface area (Å²) in [4.78, 5) is 21.2. The van der Waals surface area contributed by atoms with Gasteiger partial charge in [0.25, 0.3) is 0 Å². The molecule has 0 bridgehead atoms. The molecule has 3 aromatic rings. The first-order chi connectivity index (χ1) is 15.4. The summed E-state index contributed by atoms with van der Waals surface area (Å²) in [5.74, 6) is -0.952. The number of hydrogen-bond donors (Lipinski definition) is 3. The van der Waals surface area contributed by atoms with E-state index >= 15 is 0 Å². The Labute approximate surface area is 187 Å². The van der Waals surface area contributed by atoms with Crippen molar-refractivity contribution in [3.63, 3.8) is 0 Å². The molecular formula is C20H18F2N6O4S. The van der Waals surface area contributed by atoms with Crippen molar-refractivity contribution in [1.29, 1.82) is 0 Å². The third-order valence-electron chi connectivity index (χ3n) is 4.79. The highest BCUT2D eigenvalue weighted by atomic mass is 32.2. The van der Waals surface area contributed by atoms with E-state index in [0.717, 1.165) is 4.90 Å². The summed E-state index contributed by atoms with van der Waals surface area (Å²) in [6.45, 7) is 1.77.